The number of rotatable bonds is 3. The molecule has 7 heteroatoms. The van der Waals surface area contributed by atoms with E-state index in [1.54, 1.807) is 13.0 Å². The minimum Gasteiger partial charge on any atom is -0.481 e. The summed E-state index contributed by atoms with van der Waals surface area (Å²) < 4.78 is 6.15. The number of carbonyl (C=O) groups excluding carboxylic acids is 1. The van der Waals surface area contributed by atoms with Gasteiger partial charge in [0.15, 0.2) is 0 Å². The third-order valence-corrected chi connectivity index (χ3v) is 4.55. The molecule has 21 heavy (non-hydrogen) atoms. The highest BCUT2D eigenvalue weighted by atomic mass is 79.9. The lowest BCUT2D eigenvalue weighted by atomic mass is 9.85. The van der Waals surface area contributed by atoms with E-state index < -0.39 is 23.5 Å². The van der Waals surface area contributed by atoms with Crippen molar-refractivity contribution in [3.05, 3.63) is 28.2 Å². The minimum atomic E-state index is -1.10. The number of anilines is 1. The Balaban J connectivity index is 2.01. The first-order valence-electron chi connectivity index (χ1n) is 6.48. The molecule has 1 aromatic rings. The van der Waals surface area contributed by atoms with Crippen molar-refractivity contribution in [3.63, 3.8) is 0 Å². The Hall–Kier alpha value is -1.60. The van der Waals surface area contributed by atoms with Gasteiger partial charge in [0.2, 0.25) is 0 Å². The summed E-state index contributed by atoms with van der Waals surface area (Å²) >= 11 is 3.39. The van der Waals surface area contributed by atoms with Crippen LogP contribution in [0.1, 0.15) is 12.5 Å². The summed E-state index contributed by atoms with van der Waals surface area (Å²) in [6.45, 7) is 3.76. The van der Waals surface area contributed by atoms with Crippen LogP contribution >= 0.6 is 15.9 Å². The number of amides is 2. The van der Waals surface area contributed by atoms with Gasteiger partial charge in [-0.1, -0.05) is 15.9 Å². The summed E-state index contributed by atoms with van der Waals surface area (Å²) in [5.41, 5.74) is 0.531. The highest BCUT2D eigenvalue weighted by Gasteiger charge is 2.47. The van der Waals surface area contributed by atoms with Crippen LogP contribution in [0, 0.1) is 12.3 Å². The number of halogens is 1. The van der Waals surface area contributed by atoms with Gasteiger partial charge in [0.05, 0.1) is 19.3 Å². The number of aliphatic carboxylic acids is 1. The second kappa shape index (κ2) is 6.03. The van der Waals surface area contributed by atoms with Gasteiger partial charge in [-0.3, -0.25) is 4.79 Å². The van der Waals surface area contributed by atoms with E-state index in [9.17, 15) is 14.7 Å². The second-order valence-electron chi connectivity index (χ2n) is 5.35. The number of carboxylic acid groups (broad SMARTS) is 1. The number of ether oxygens (including phenoxy) is 1. The van der Waals surface area contributed by atoms with Gasteiger partial charge in [-0.25, -0.2) is 4.79 Å². The molecule has 2 amide bonds. The van der Waals surface area contributed by atoms with Crippen LogP contribution < -0.4 is 10.6 Å². The molecule has 1 aliphatic heterocycles. The molecule has 1 fully saturated rings. The van der Waals surface area contributed by atoms with Gasteiger partial charge >= 0.3 is 12.0 Å². The van der Waals surface area contributed by atoms with Crippen LogP contribution in [0.5, 0.6) is 0 Å². The minimum absolute atomic E-state index is 0.0880. The highest BCUT2D eigenvalue weighted by Crippen LogP contribution is 2.28. The Morgan fingerprint density at radius 1 is 1.48 bits per heavy atom. The first-order chi connectivity index (χ1) is 9.83. The zero-order valence-electron chi connectivity index (χ0n) is 11.8. The zero-order chi connectivity index (χ0) is 15.6. The van der Waals surface area contributed by atoms with Crippen LogP contribution in [-0.2, 0) is 9.53 Å². The van der Waals surface area contributed by atoms with E-state index in [4.69, 9.17) is 4.74 Å². The quantitative estimate of drug-likeness (QED) is 0.775. The lowest BCUT2D eigenvalue weighted by Gasteiger charge is -2.25. The molecule has 2 unspecified atom stereocenters. The molecule has 1 aliphatic rings. The van der Waals surface area contributed by atoms with Gasteiger partial charge in [-0.05, 0) is 37.6 Å². The van der Waals surface area contributed by atoms with Crippen molar-refractivity contribution in [2.45, 2.75) is 19.9 Å². The molecule has 0 bridgehead atoms. The average molecular weight is 357 g/mol. The molecular formula is C14H17BrN2O4. The van der Waals surface area contributed by atoms with E-state index in [0.29, 0.717) is 5.69 Å². The van der Waals surface area contributed by atoms with Gasteiger partial charge in [0, 0.05) is 10.2 Å². The van der Waals surface area contributed by atoms with Crippen molar-refractivity contribution in [2.75, 3.05) is 18.5 Å². The summed E-state index contributed by atoms with van der Waals surface area (Å²) in [7, 11) is 0. The highest BCUT2D eigenvalue weighted by molar-refractivity contribution is 9.10. The lowest BCUT2D eigenvalue weighted by Crippen LogP contribution is -2.50. The van der Waals surface area contributed by atoms with Gasteiger partial charge in [0.1, 0.15) is 5.41 Å². The summed E-state index contributed by atoms with van der Waals surface area (Å²) in [6, 6.07) is 4.42. The number of hydrogen-bond acceptors (Lipinski definition) is 3. The standard InChI is InChI=1S/C14H17BrN2O4/c1-8-5-9(3-4-10(8)15)16-13(20)17-11-6-21-7-14(11,2)12(18)19/h3-5,11H,6-7H2,1-2H3,(H,18,19)(H2,16,17,20). The zero-order valence-corrected chi connectivity index (χ0v) is 13.4. The number of nitrogens with one attached hydrogen (secondary N) is 2. The fourth-order valence-corrected chi connectivity index (χ4v) is 2.38. The molecule has 0 spiro atoms. The van der Waals surface area contributed by atoms with E-state index >= 15 is 0 Å². The number of carboxylic acids is 1. The predicted octanol–water partition coefficient (Wildman–Crippen LogP) is 2.37. The third kappa shape index (κ3) is 3.36. The average Bonchev–Trinajstić information content (AvgIpc) is 2.77. The molecule has 0 aromatic heterocycles. The Morgan fingerprint density at radius 3 is 2.81 bits per heavy atom. The number of urea groups is 1. The van der Waals surface area contributed by atoms with E-state index in [2.05, 4.69) is 26.6 Å². The van der Waals surface area contributed by atoms with Gasteiger partial charge in [-0.15, -0.1) is 0 Å². The topological polar surface area (TPSA) is 87.7 Å². The predicted molar refractivity (Wildman–Crippen MR) is 81.4 cm³/mol. The number of aryl methyl sites for hydroxylation is 1. The molecule has 114 valence electrons. The maximum atomic E-state index is 12.0. The normalized spacial score (nSPS) is 24.6. The molecule has 2 rings (SSSR count). The molecule has 1 aromatic carbocycles. The van der Waals surface area contributed by atoms with Crippen molar-refractivity contribution < 1.29 is 19.4 Å². The monoisotopic (exact) mass is 356 g/mol. The van der Waals surface area contributed by atoms with Crippen LogP contribution in [0.15, 0.2) is 22.7 Å². The number of hydrogen-bond donors (Lipinski definition) is 3. The van der Waals surface area contributed by atoms with Crippen LogP contribution in [0.2, 0.25) is 0 Å². The SMILES string of the molecule is Cc1cc(NC(=O)NC2COCC2(C)C(=O)O)ccc1Br. The second-order valence-corrected chi connectivity index (χ2v) is 6.21. The van der Waals surface area contributed by atoms with Gasteiger partial charge in [0.25, 0.3) is 0 Å². The molecule has 1 heterocycles. The molecule has 1 saturated heterocycles. The number of carbonyl (C=O) groups is 2. The van der Waals surface area contributed by atoms with E-state index in [0.717, 1.165) is 10.0 Å². The van der Waals surface area contributed by atoms with Crippen molar-refractivity contribution in [1.82, 2.24) is 5.32 Å². The molecule has 0 radical (unpaired) electrons. The Kier molecular flexibility index (Phi) is 4.53. The van der Waals surface area contributed by atoms with Crippen LogP contribution in [-0.4, -0.2) is 36.4 Å². The van der Waals surface area contributed by atoms with Crippen molar-refractivity contribution in [1.29, 1.82) is 0 Å². The lowest BCUT2D eigenvalue weighted by molar-refractivity contribution is -0.148. The Labute approximate surface area is 131 Å². The van der Waals surface area contributed by atoms with Crippen LogP contribution in [0.25, 0.3) is 0 Å². The van der Waals surface area contributed by atoms with Gasteiger partial charge in [-0.2, -0.15) is 0 Å². The Morgan fingerprint density at radius 2 is 2.19 bits per heavy atom. The first-order valence-corrected chi connectivity index (χ1v) is 7.27. The van der Waals surface area contributed by atoms with E-state index in [1.165, 1.54) is 0 Å². The van der Waals surface area contributed by atoms with E-state index in [-0.39, 0.29) is 13.2 Å². The molecule has 2 atom stereocenters. The Bertz CT molecular complexity index is 578. The molecular weight excluding hydrogens is 340 g/mol. The molecule has 0 saturated carbocycles. The summed E-state index contributed by atoms with van der Waals surface area (Å²) in [5, 5.41) is 14.6. The fraction of sp³-hybridized carbons (Fsp3) is 0.429. The van der Waals surface area contributed by atoms with Crippen molar-refractivity contribution >= 4 is 33.6 Å². The summed E-state index contributed by atoms with van der Waals surface area (Å²) in [4.78, 5) is 23.3. The van der Waals surface area contributed by atoms with Crippen LogP contribution in [0.4, 0.5) is 10.5 Å². The fourth-order valence-electron chi connectivity index (χ4n) is 2.13. The molecule has 0 aliphatic carbocycles. The largest absolute Gasteiger partial charge is 0.481 e. The van der Waals surface area contributed by atoms with E-state index in [1.807, 2.05) is 19.1 Å². The summed E-state index contributed by atoms with van der Waals surface area (Å²) in [6.07, 6.45) is 0. The molecule has 6 nitrogen and oxygen atoms in total. The maximum Gasteiger partial charge on any atom is 0.319 e. The third-order valence-electron chi connectivity index (χ3n) is 3.67. The van der Waals surface area contributed by atoms with Gasteiger partial charge < -0.3 is 20.5 Å². The first kappa shape index (κ1) is 15.8. The number of benzene rings is 1. The summed E-state index contributed by atoms with van der Waals surface area (Å²) in [5.74, 6) is -0.982. The van der Waals surface area contributed by atoms with Crippen molar-refractivity contribution in [3.8, 4) is 0 Å². The smallest absolute Gasteiger partial charge is 0.319 e. The van der Waals surface area contributed by atoms with Crippen LogP contribution in [0.3, 0.4) is 0 Å². The van der Waals surface area contributed by atoms with Crippen molar-refractivity contribution in [2.24, 2.45) is 5.41 Å². The molecule has 3 N–H and O–H groups in total. The maximum absolute atomic E-state index is 12.0.